The third-order valence-corrected chi connectivity index (χ3v) is 20.3. The first-order valence-corrected chi connectivity index (χ1v) is 23.4. The van der Waals surface area contributed by atoms with Crippen LogP contribution in [-0.2, 0) is 20.1 Å². The van der Waals surface area contributed by atoms with Crippen LogP contribution in [0.1, 0.15) is 106 Å². The predicted octanol–water partition coefficient (Wildman–Crippen LogP) is 10.3. The zero-order chi connectivity index (χ0) is 34.2. The summed E-state index contributed by atoms with van der Waals surface area (Å²) in [5.74, 6) is -0.538. The van der Waals surface area contributed by atoms with E-state index in [2.05, 4.69) is 110 Å². The Morgan fingerprint density at radius 2 is 1.51 bits per heavy atom. The molecule has 1 aromatic rings. The van der Waals surface area contributed by atoms with Crippen LogP contribution in [0.25, 0.3) is 0 Å². The van der Waals surface area contributed by atoms with E-state index in [0.29, 0.717) is 12.8 Å². The second-order valence-electron chi connectivity index (χ2n) is 17.1. The molecule has 6 atom stereocenters. The van der Waals surface area contributed by atoms with Crippen molar-refractivity contribution in [3.63, 3.8) is 0 Å². The van der Waals surface area contributed by atoms with Crippen LogP contribution in [0, 0.1) is 23.7 Å². The van der Waals surface area contributed by atoms with Gasteiger partial charge in [-0.3, -0.25) is 4.79 Å². The van der Waals surface area contributed by atoms with E-state index >= 15 is 0 Å². The van der Waals surface area contributed by atoms with Gasteiger partial charge in [-0.1, -0.05) is 97.9 Å². The Balaban J connectivity index is 2.26. The highest BCUT2D eigenvalue weighted by Crippen LogP contribution is 2.46. The zero-order valence-corrected chi connectivity index (χ0v) is 32.9. The minimum atomic E-state index is -2.04. The summed E-state index contributed by atoms with van der Waals surface area (Å²) in [4.78, 5) is 11.6. The molecule has 0 bridgehead atoms. The molecule has 1 aliphatic rings. The molecule has 1 fully saturated rings. The SMILES string of the molecule is CC(C)C(CC/C=C\C[C@@H]1[C@@H](CC[C@H](CCc2ccccc2)O[Si](C)(C)C(C)(C)C)[C@H](O[Si](C)(C)C(C)(C)C)C[C@@H]1O)C(=O)O. The molecule has 1 unspecified atom stereocenters. The van der Waals surface area contributed by atoms with Gasteiger partial charge in [0.05, 0.1) is 18.1 Å². The van der Waals surface area contributed by atoms with Gasteiger partial charge in [0.2, 0.25) is 0 Å². The molecule has 1 saturated carbocycles. The first-order chi connectivity index (χ1) is 20.7. The third-order valence-electron chi connectivity index (χ3n) is 11.3. The molecule has 0 saturated heterocycles. The van der Waals surface area contributed by atoms with E-state index in [0.717, 1.165) is 38.5 Å². The highest BCUT2D eigenvalue weighted by Gasteiger charge is 2.48. The molecule has 7 heteroatoms. The van der Waals surface area contributed by atoms with Gasteiger partial charge >= 0.3 is 5.97 Å². The summed E-state index contributed by atoms with van der Waals surface area (Å²) in [6.45, 7) is 27.1. The lowest BCUT2D eigenvalue weighted by atomic mass is 9.85. The van der Waals surface area contributed by atoms with Crippen molar-refractivity contribution in [1.29, 1.82) is 0 Å². The van der Waals surface area contributed by atoms with Gasteiger partial charge in [-0.2, -0.15) is 0 Å². The Morgan fingerprint density at radius 1 is 0.911 bits per heavy atom. The minimum absolute atomic E-state index is 0.0410. The van der Waals surface area contributed by atoms with Gasteiger partial charge in [0.25, 0.3) is 0 Å². The van der Waals surface area contributed by atoms with Gasteiger partial charge < -0.3 is 19.1 Å². The summed E-state index contributed by atoms with van der Waals surface area (Å²) in [5.41, 5.74) is 1.35. The first kappa shape index (κ1) is 39.9. The summed E-state index contributed by atoms with van der Waals surface area (Å²) in [6.07, 6.45) is 10.9. The molecular weight excluding hydrogens is 593 g/mol. The van der Waals surface area contributed by atoms with Crippen molar-refractivity contribution in [3.8, 4) is 0 Å². The highest BCUT2D eigenvalue weighted by atomic mass is 28.4. The molecule has 0 amide bonds. The van der Waals surface area contributed by atoms with Crippen molar-refractivity contribution in [3.05, 3.63) is 48.0 Å². The summed E-state index contributed by atoms with van der Waals surface area (Å²) >= 11 is 0. The summed E-state index contributed by atoms with van der Waals surface area (Å²) in [5, 5.41) is 21.2. The summed E-state index contributed by atoms with van der Waals surface area (Å²) < 4.78 is 14.2. The number of rotatable bonds is 17. The van der Waals surface area contributed by atoms with Gasteiger partial charge in [0.15, 0.2) is 16.6 Å². The van der Waals surface area contributed by atoms with Crippen molar-refractivity contribution in [2.24, 2.45) is 23.7 Å². The number of aliphatic carboxylic acids is 1. The number of carbonyl (C=O) groups is 1. The topological polar surface area (TPSA) is 76.0 Å². The van der Waals surface area contributed by atoms with E-state index in [4.69, 9.17) is 8.85 Å². The lowest BCUT2D eigenvalue weighted by molar-refractivity contribution is -0.143. The summed E-state index contributed by atoms with van der Waals surface area (Å²) in [7, 11) is -4.01. The number of aliphatic hydroxyl groups excluding tert-OH is 1. The molecule has 2 N–H and O–H groups in total. The lowest BCUT2D eigenvalue weighted by Gasteiger charge is -2.41. The fraction of sp³-hybridized carbons (Fsp3) is 0.763. The number of benzene rings is 1. The molecule has 1 aromatic carbocycles. The first-order valence-electron chi connectivity index (χ1n) is 17.6. The van der Waals surface area contributed by atoms with Crippen LogP contribution in [0.4, 0.5) is 0 Å². The Bertz CT molecular complexity index is 1050. The van der Waals surface area contributed by atoms with Crippen molar-refractivity contribution < 1.29 is 23.9 Å². The number of aliphatic hydroxyl groups is 1. The average molecular weight is 661 g/mol. The fourth-order valence-electron chi connectivity index (χ4n) is 6.17. The van der Waals surface area contributed by atoms with E-state index in [1.807, 2.05) is 13.8 Å². The normalized spacial score (nSPS) is 23.2. The molecule has 0 radical (unpaired) electrons. The molecule has 0 heterocycles. The van der Waals surface area contributed by atoms with Crippen LogP contribution >= 0.6 is 0 Å². The second-order valence-corrected chi connectivity index (χ2v) is 26.6. The quantitative estimate of drug-likeness (QED) is 0.128. The molecule has 0 aliphatic heterocycles. The Hall–Kier alpha value is -1.26. The van der Waals surface area contributed by atoms with Crippen LogP contribution in [0.15, 0.2) is 42.5 Å². The maximum atomic E-state index is 11.6. The molecule has 258 valence electrons. The van der Waals surface area contributed by atoms with Gasteiger partial charge in [-0.25, -0.2) is 0 Å². The van der Waals surface area contributed by atoms with Crippen LogP contribution in [-0.4, -0.2) is 51.1 Å². The smallest absolute Gasteiger partial charge is 0.306 e. The van der Waals surface area contributed by atoms with E-state index in [-0.39, 0.29) is 46.0 Å². The van der Waals surface area contributed by atoms with Crippen LogP contribution in [0.5, 0.6) is 0 Å². The maximum Gasteiger partial charge on any atom is 0.306 e. The largest absolute Gasteiger partial charge is 0.481 e. The average Bonchev–Trinajstić information content (AvgIpc) is 3.19. The van der Waals surface area contributed by atoms with Crippen molar-refractivity contribution in [1.82, 2.24) is 0 Å². The molecular formula is C38H68O5Si2. The maximum absolute atomic E-state index is 11.6. The van der Waals surface area contributed by atoms with Crippen LogP contribution < -0.4 is 0 Å². The molecule has 45 heavy (non-hydrogen) atoms. The summed E-state index contributed by atoms with van der Waals surface area (Å²) in [6, 6.07) is 10.7. The number of carboxylic acids is 1. The van der Waals surface area contributed by atoms with Crippen LogP contribution in [0.3, 0.4) is 0 Å². The Labute approximate surface area is 278 Å². The van der Waals surface area contributed by atoms with E-state index in [1.54, 1.807) is 0 Å². The fourth-order valence-corrected chi connectivity index (χ4v) is 8.97. The molecule has 2 rings (SSSR count). The molecule has 0 aromatic heterocycles. The Morgan fingerprint density at radius 3 is 2.04 bits per heavy atom. The highest BCUT2D eigenvalue weighted by molar-refractivity contribution is 6.74. The van der Waals surface area contributed by atoms with E-state index in [1.165, 1.54) is 5.56 Å². The van der Waals surface area contributed by atoms with Crippen molar-refractivity contribution in [2.75, 3.05) is 0 Å². The third kappa shape index (κ3) is 12.0. The van der Waals surface area contributed by atoms with Gasteiger partial charge in [-0.05, 0) is 111 Å². The van der Waals surface area contributed by atoms with Crippen molar-refractivity contribution >= 4 is 22.6 Å². The number of carboxylic acid groups (broad SMARTS) is 1. The van der Waals surface area contributed by atoms with Gasteiger partial charge in [0.1, 0.15) is 0 Å². The molecule has 5 nitrogen and oxygen atoms in total. The molecule has 0 spiro atoms. The Kier molecular flexibility index (Phi) is 14.8. The monoisotopic (exact) mass is 660 g/mol. The van der Waals surface area contributed by atoms with E-state index in [9.17, 15) is 15.0 Å². The minimum Gasteiger partial charge on any atom is -0.481 e. The van der Waals surface area contributed by atoms with Gasteiger partial charge in [0, 0.05) is 6.10 Å². The zero-order valence-electron chi connectivity index (χ0n) is 30.9. The second kappa shape index (κ2) is 16.7. The van der Waals surface area contributed by atoms with Gasteiger partial charge in [-0.15, -0.1) is 0 Å². The molecule has 1 aliphatic carbocycles. The van der Waals surface area contributed by atoms with Crippen molar-refractivity contribution in [2.45, 2.75) is 161 Å². The lowest BCUT2D eigenvalue weighted by Crippen LogP contribution is -2.45. The number of aryl methyl sites for hydroxylation is 1. The predicted molar refractivity (Wildman–Crippen MR) is 195 cm³/mol. The number of hydrogen-bond acceptors (Lipinski definition) is 4. The number of hydrogen-bond donors (Lipinski definition) is 2. The van der Waals surface area contributed by atoms with Crippen LogP contribution in [0.2, 0.25) is 36.3 Å². The standard InChI is InChI=1S/C38H68O5Si2/c1-28(2)31(36(40)41)21-17-14-18-22-32-33(35(27-34(32)39)43-45(11,12)38(6,7)8)26-25-30(42-44(9,10)37(3,4)5)24-23-29-19-15-13-16-20-29/h13-16,18-20,28,30-35,39H,17,21-27H2,1-12H3,(H,40,41)/b18-14-/t30-,31?,32+,33+,34-,35+/m0/s1. The number of allylic oxidation sites excluding steroid dienone is 2. The van der Waals surface area contributed by atoms with E-state index < -0.39 is 28.7 Å².